The van der Waals surface area contributed by atoms with Crippen LogP contribution in [0.2, 0.25) is 0 Å². The maximum Gasteiger partial charge on any atom is 0.211 e. The van der Waals surface area contributed by atoms with E-state index in [1.54, 1.807) is 4.90 Å². The van der Waals surface area contributed by atoms with Crippen LogP contribution in [0.5, 0.6) is 0 Å². The van der Waals surface area contributed by atoms with Gasteiger partial charge < -0.3 is 15.4 Å². The maximum absolute atomic E-state index is 12.6. The molecule has 0 amide bonds. The second kappa shape index (κ2) is 6.25. The zero-order valence-corrected chi connectivity index (χ0v) is 14.0. The Labute approximate surface area is 133 Å². The van der Waals surface area contributed by atoms with Gasteiger partial charge in [-0.15, -0.1) is 0 Å². The smallest absolute Gasteiger partial charge is 0.211 e. The number of likely N-dealkylation sites (N-methyl/N-ethyl adjacent to an activating group) is 1. The number of rotatable bonds is 5. The van der Waals surface area contributed by atoms with Crippen molar-refractivity contribution in [2.45, 2.75) is 18.4 Å². The van der Waals surface area contributed by atoms with Gasteiger partial charge in [0.25, 0.3) is 0 Å². The van der Waals surface area contributed by atoms with Crippen molar-refractivity contribution >= 4 is 27.4 Å². The molecule has 2 rings (SSSR count). The fraction of sp³-hybridized carbons (Fsp3) is 0.467. The monoisotopic (exact) mass is 353 g/mol. The van der Waals surface area contributed by atoms with Crippen LogP contribution in [-0.4, -0.2) is 54.3 Å². The Morgan fingerprint density at radius 3 is 2.67 bits per heavy atom. The number of carbonyl (C=O) groups excluding carboxylic acids is 1. The number of hydrogen-bond donors (Lipinski definition) is 2. The summed E-state index contributed by atoms with van der Waals surface area (Å²) in [6, 6.07) is 7.80. The lowest BCUT2D eigenvalue weighted by molar-refractivity contribution is -0.129. The summed E-state index contributed by atoms with van der Waals surface area (Å²) >= 11 is 3.40. The third-order valence-corrected chi connectivity index (χ3v) is 3.97. The molecule has 0 aromatic heterocycles. The van der Waals surface area contributed by atoms with Crippen LogP contribution in [0, 0.1) is 0 Å². The van der Waals surface area contributed by atoms with Gasteiger partial charge in [-0.05, 0) is 38.7 Å². The molecule has 0 saturated heterocycles. The summed E-state index contributed by atoms with van der Waals surface area (Å²) in [6.07, 6.45) is 0. The van der Waals surface area contributed by atoms with Gasteiger partial charge in [-0.2, -0.15) is 5.10 Å². The number of benzene rings is 1. The molecular weight excluding hydrogens is 334 g/mol. The van der Waals surface area contributed by atoms with Crippen molar-refractivity contribution in [1.82, 2.24) is 10.3 Å². The zero-order valence-electron chi connectivity index (χ0n) is 12.4. The quantitative estimate of drug-likeness (QED) is 0.839. The predicted octanol–water partition coefficient (Wildman–Crippen LogP) is 1.37. The fourth-order valence-corrected chi connectivity index (χ4v) is 2.80. The van der Waals surface area contributed by atoms with E-state index in [0.29, 0.717) is 12.3 Å². The fourth-order valence-electron chi connectivity index (χ4n) is 2.54. The molecule has 21 heavy (non-hydrogen) atoms. The molecule has 2 atom stereocenters. The van der Waals surface area contributed by atoms with Gasteiger partial charge in [0, 0.05) is 17.6 Å². The van der Waals surface area contributed by atoms with Gasteiger partial charge in [-0.1, -0.05) is 28.1 Å². The molecule has 114 valence electrons. The molecule has 1 aliphatic heterocycles. The van der Waals surface area contributed by atoms with Crippen molar-refractivity contribution in [2.75, 3.05) is 27.2 Å². The molecule has 6 heteroatoms. The van der Waals surface area contributed by atoms with Crippen LogP contribution in [0.15, 0.2) is 33.8 Å². The Balaban J connectivity index is 2.22. The third kappa shape index (κ3) is 3.70. The van der Waals surface area contributed by atoms with Crippen LogP contribution in [0.25, 0.3) is 0 Å². The maximum atomic E-state index is 12.6. The highest BCUT2D eigenvalue weighted by Crippen LogP contribution is 2.25. The number of halogens is 1. The van der Waals surface area contributed by atoms with Gasteiger partial charge in [0.1, 0.15) is 11.3 Å². The van der Waals surface area contributed by atoms with Crippen molar-refractivity contribution in [3.8, 4) is 0 Å². The number of nitrogens with one attached hydrogen (secondary N) is 1. The summed E-state index contributed by atoms with van der Waals surface area (Å²) in [7, 11) is 3.64. The average Bonchev–Trinajstić information content (AvgIpc) is 2.86. The molecule has 1 aliphatic rings. The van der Waals surface area contributed by atoms with Gasteiger partial charge in [0.15, 0.2) is 0 Å². The number of Topliss-reactive ketones (excluding diaryl/α,β-unsaturated/α-hetero) is 1. The Morgan fingerprint density at radius 2 is 2.10 bits per heavy atom. The summed E-state index contributed by atoms with van der Waals surface area (Å²) in [4.78, 5) is 14.4. The minimum absolute atomic E-state index is 0.126. The first kappa shape index (κ1) is 16.1. The van der Waals surface area contributed by atoms with Crippen LogP contribution in [0.4, 0.5) is 0 Å². The Bertz CT molecular complexity index is 553. The van der Waals surface area contributed by atoms with Crippen molar-refractivity contribution in [1.29, 1.82) is 0 Å². The normalized spacial score (nSPS) is 20.9. The molecule has 0 aliphatic carbocycles. The van der Waals surface area contributed by atoms with E-state index in [1.807, 2.05) is 38.4 Å². The molecule has 2 N–H and O–H groups in total. The lowest BCUT2D eigenvalue weighted by atomic mass is 9.86. The van der Waals surface area contributed by atoms with Gasteiger partial charge in [0.2, 0.25) is 5.78 Å². The van der Waals surface area contributed by atoms with E-state index in [0.717, 1.165) is 10.0 Å². The minimum Gasteiger partial charge on any atom is -0.381 e. The Morgan fingerprint density at radius 1 is 1.48 bits per heavy atom. The number of nitrogens with zero attached hydrogens (tertiary/aromatic N) is 2. The van der Waals surface area contributed by atoms with E-state index >= 15 is 0 Å². The summed E-state index contributed by atoms with van der Waals surface area (Å²) in [5.74, 6) is -0.451. The van der Waals surface area contributed by atoms with Crippen LogP contribution in [0.1, 0.15) is 18.4 Å². The number of hydrogen-bond acceptors (Lipinski definition) is 5. The van der Waals surface area contributed by atoms with E-state index in [2.05, 4.69) is 26.5 Å². The third-order valence-electron chi connectivity index (χ3n) is 3.44. The van der Waals surface area contributed by atoms with E-state index < -0.39 is 5.60 Å². The SMILES string of the molecule is CN(C)C[C@](C)(O)C(=O)C1=NNC[C@H]1c1ccc(Br)cc1. The summed E-state index contributed by atoms with van der Waals surface area (Å²) in [5, 5.41) is 14.5. The molecular formula is C15H20BrN3O2. The lowest BCUT2D eigenvalue weighted by Gasteiger charge is -2.26. The molecule has 0 saturated carbocycles. The van der Waals surface area contributed by atoms with Gasteiger partial charge in [-0.25, -0.2) is 0 Å². The molecule has 1 aromatic rings. The predicted molar refractivity (Wildman–Crippen MR) is 86.5 cm³/mol. The molecule has 1 aromatic carbocycles. The van der Waals surface area contributed by atoms with Crippen molar-refractivity contribution < 1.29 is 9.90 Å². The summed E-state index contributed by atoms with van der Waals surface area (Å²) in [6.45, 7) is 2.37. The summed E-state index contributed by atoms with van der Waals surface area (Å²) < 4.78 is 0.988. The average molecular weight is 354 g/mol. The van der Waals surface area contributed by atoms with E-state index in [9.17, 15) is 9.90 Å². The molecule has 0 spiro atoms. The van der Waals surface area contributed by atoms with Crippen LogP contribution >= 0.6 is 15.9 Å². The van der Waals surface area contributed by atoms with Gasteiger partial charge >= 0.3 is 0 Å². The van der Waals surface area contributed by atoms with Crippen molar-refractivity contribution in [3.05, 3.63) is 34.3 Å². The Kier molecular flexibility index (Phi) is 4.81. The standard InChI is InChI=1S/C15H20BrN3O2/c1-15(21,9-19(2)3)14(20)13-12(8-17-18-13)10-4-6-11(16)7-5-10/h4-7,12,17,21H,8-9H2,1-3H3/t12-,15-/m0/s1. The number of aliphatic hydroxyl groups is 1. The first-order valence-corrected chi connectivity index (χ1v) is 7.58. The minimum atomic E-state index is -1.44. The van der Waals surface area contributed by atoms with E-state index in [-0.39, 0.29) is 18.2 Å². The van der Waals surface area contributed by atoms with Crippen LogP contribution in [0.3, 0.4) is 0 Å². The molecule has 5 nitrogen and oxygen atoms in total. The number of ketones is 1. The Hall–Kier alpha value is -1.24. The first-order chi connectivity index (χ1) is 9.81. The second-order valence-electron chi connectivity index (χ2n) is 5.80. The highest BCUT2D eigenvalue weighted by atomic mass is 79.9. The van der Waals surface area contributed by atoms with Crippen molar-refractivity contribution in [3.63, 3.8) is 0 Å². The number of carbonyl (C=O) groups is 1. The molecule has 0 radical (unpaired) electrons. The van der Waals surface area contributed by atoms with Gasteiger partial charge in [0.05, 0.1) is 5.92 Å². The molecule has 0 fully saturated rings. The second-order valence-corrected chi connectivity index (χ2v) is 6.72. The topological polar surface area (TPSA) is 64.9 Å². The molecule has 1 heterocycles. The largest absolute Gasteiger partial charge is 0.381 e. The summed E-state index contributed by atoms with van der Waals surface area (Å²) in [5.41, 5.74) is 2.83. The first-order valence-electron chi connectivity index (χ1n) is 6.79. The number of hydrazone groups is 1. The van der Waals surface area contributed by atoms with Crippen molar-refractivity contribution in [2.24, 2.45) is 5.10 Å². The molecule has 0 bridgehead atoms. The van der Waals surface area contributed by atoms with Crippen LogP contribution in [-0.2, 0) is 4.79 Å². The van der Waals surface area contributed by atoms with E-state index in [4.69, 9.17) is 0 Å². The van der Waals surface area contributed by atoms with Crippen LogP contribution < -0.4 is 5.43 Å². The van der Waals surface area contributed by atoms with E-state index in [1.165, 1.54) is 6.92 Å². The van der Waals surface area contributed by atoms with Gasteiger partial charge in [-0.3, -0.25) is 4.79 Å². The lowest BCUT2D eigenvalue weighted by Crippen LogP contribution is -2.48. The molecule has 0 unspecified atom stereocenters. The zero-order chi connectivity index (χ0) is 15.6. The highest BCUT2D eigenvalue weighted by molar-refractivity contribution is 9.10. The highest BCUT2D eigenvalue weighted by Gasteiger charge is 2.39.